The predicted octanol–water partition coefficient (Wildman–Crippen LogP) is 4.07. The highest BCUT2D eigenvalue weighted by Gasteiger charge is 2.07. The van der Waals surface area contributed by atoms with Gasteiger partial charge in [0.2, 0.25) is 0 Å². The van der Waals surface area contributed by atoms with E-state index in [2.05, 4.69) is 20.3 Å². The van der Waals surface area contributed by atoms with Gasteiger partial charge in [0.15, 0.2) is 0 Å². The highest BCUT2D eigenvalue weighted by atomic mass is 35.5. The molecule has 0 amide bonds. The quantitative estimate of drug-likeness (QED) is 0.413. The van der Waals surface area contributed by atoms with Gasteiger partial charge in [-0.25, -0.2) is 4.68 Å². The molecule has 20 heavy (non-hydrogen) atoms. The first-order valence-corrected chi connectivity index (χ1v) is 6.27. The lowest BCUT2D eigenvalue weighted by atomic mass is 10.2. The third-order valence-electron chi connectivity index (χ3n) is 2.94. The number of hydrogen-bond acceptors (Lipinski definition) is 3. The van der Waals surface area contributed by atoms with Crippen molar-refractivity contribution in [3.63, 3.8) is 0 Å². The summed E-state index contributed by atoms with van der Waals surface area (Å²) in [6.07, 6.45) is 0. The molecule has 0 radical (unpaired) electrons. The number of nitrogens with zero attached hydrogens (tertiary/aromatic N) is 6. The van der Waals surface area contributed by atoms with Crippen molar-refractivity contribution in [2.24, 2.45) is 5.11 Å². The van der Waals surface area contributed by atoms with Crippen LogP contribution in [0.5, 0.6) is 0 Å². The lowest BCUT2D eigenvalue weighted by Crippen LogP contribution is -2.02. The fraction of sp³-hybridized carbons (Fsp3) is 0.0769. The van der Waals surface area contributed by atoms with E-state index in [9.17, 15) is 0 Å². The molecule has 0 aliphatic heterocycles. The Morgan fingerprint density at radius 2 is 2.10 bits per heavy atom. The molecule has 1 heterocycles. The molecule has 3 rings (SSSR count). The van der Waals surface area contributed by atoms with E-state index < -0.39 is 0 Å². The van der Waals surface area contributed by atoms with Crippen LogP contribution in [0.2, 0.25) is 5.02 Å². The summed E-state index contributed by atoms with van der Waals surface area (Å²) in [6, 6.07) is 12.8. The number of fused-ring (bicyclic) bond motifs is 1. The van der Waals surface area contributed by atoms with E-state index in [-0.39, 0.29) is 0 Å². The van der Waals surface area contributed by atoms with Crippen molar-refractivity contribution < 1.29 is 0 Å². The topological polar surface area (TPSA) is 79.5 Å². The van der Waals surface area contributed by atoms with Gasteiger partial charge in [-0.15, -0.1) is 5.10 Å². The number of azide groups is 1. The van der Waals surface area contributed by atoms with Crippen molar-refractivity contribution in [2.75, 3.05) is 0 Å². The number of rotatable bonds is 3. The van der Waals surface area contributed by atoms with Crippen LogP contribution in [-0.4, -0.2) is 15.0 Å². The summed E-state index contributed by atoms with van der Waals surface area (Å²) in [5, 5.41) is 12.5. The van der Waals surface area contributed by atoms with Gasteiger partial charge in [0, 0.05) is 15.6 Å². The molecule has 98 valence electrons. The van der Waals surface area contributed by atoms with E-state index in [1.807, 2.05) is 30.3 Å². The van der Waals surface area contributed by atoms with Crippen molar-refractivity contribution in [1.29, 1.82) is 0 Å². The third-order valence-corrected chi connectivity index (χ3v) is 3.18. The number of hydrogen-bond donors (Lipinski definition) is 0. The van der Waals surface area contributed by atoms with Crippen molar-refractivity contribution in [1.82, 2.24) is 15.0 Å². The van der Waals surface area contributed by atoms with E-state index in [0.717, 1.165) is 16.6 Å². The minimum absolute atomic E-state index is 0.464. The standard InChI is InChI=1S/C13H9ClN6/c14-10-5-6-12-13(7-10)20(19-17-12)8-9-3-1-2-4-11(9)16-18-15/h1-7H,8H2. The van der Waals surface area contributed by atoms with Gasteiger partial charge in [0.05, 0.1) is 12.1 Å². The zero-order valence-corrected chi connectivity index (χ0v) is 11.1. The molecule has 6 nitrogen and oxygen atoms in total. The average molecular weight is 285 g/mol. The lowest BCUT2D eigenvalue weighted by molar-refractivity contribution is 0.670. The summed E-state index contributed by atoms with van der Waals surface area (Å²) < 4.78 is 1.73. The number of halogens is 1. The molecule has 0 N–H and O–H groups in total. The summed E-state index contributed by atoms with van der Waals surface area (Å²) in [6.45, 7) is 0.464. The minimum Gasteiger partial charge on any atom is -0.240 e. The molecule has 2 aromatic carbocycles. The van der Waals surface area contributed by atoms with E-state index in [1.54, 1.807) is 16.8 Å². The molecular weight excluding hydrogens is 276 g/mol. The fourth-order valence-electron chi connectivity index (χ4n) is 2.01. The first-order valence-electron chi connectivity index (χ1n) is 5.89. The molecule has 0 aliphatic carbocycles. The maximum absolute atomic E-state index is 8.58. The Morgan fingerprint density at radius 1 is 1.25 bits per heavy atom. The van der Waals surface area contributed by atoms with Crippen molar-refractivity contribution in [3.05, 3.63) is 63.5 Å². The zero-order chi connectivity index (χ0) is 13.9. The van der Waals surface area contributed by atoms with Gasteiger partial charge in [0.25, 0.3) is 0 Å². The minimum atomic E-state index is 0.464. The zero-order valence-electron chi connectivity index (χ0n) is 10.3. The molecule has 0 spiro atoms. The van der Waals surface area contributed by atoms with Crippen LogP contribution in [-0.2, 0) is 6.54 Å². The van der Waals surface area contributed by atoms with Crippen LogP contribution < -0.4 is 0 Å². The Morgan fingerprint density at radius 3 is 2.95 bits per heavy atom. The Hall–Kier alpha value is -2.56. The van der Waals surface area contributed by atoms with E-state index in [0.29, 0.717) is 17.3 Å². The maximum atomic E-state index is 8.58. The summed E-state index contributed by atoms with van der Waals surface area (Å²) in [5.41, 5.74) is 11.7. The Balaban J connectivity index is 2.05. The average Bonchev–Trinajstić information content (AvgIpc) is 2.84. The van der Waals surface area contributed by atoms with Gasteiger partial charge < -0.3 is 0 Å². The van der Waals surface area contributed by atoms with Crippen LogP contribution in [0.4, 0.5) is 5.69 Å². The van der Waals surface area contributed by atoms with Gasteiger partial charge in [0.1, 0.15) is 5.52 Å². The normalized spacial score (nSPS) is 10.4. The molecule has 0 unspecified atom stereocenters. The smallest absolute Gasteiger partial charge is 0.113 e. The first kappa shape index (κ1) is 12.5. The van der Waals surface area contributed by atoms with Crippen LogP contribution in [0.3, 0.4) is 0 Å². The summed E-state index contributed by atoms with van der Waals surface area (Å²) in [7, 11) is 0. The molecule has 3 aromatic rings. The lowest BCUT2D eigenvalue weighted by Gasteiger charge is -2.05. The second kappa shape index (κ2) is 5.21. The van der Waals surface area contributed by atoms with E-state index >= 15 is 0 Å². The number of aromatic nitrogens is 3. The predicted molar refractivity (Wildman–Crippen MR) is 76.9 cm³/mol. The molecule has 7 heteroatoms. The second-order valence-corrected chi connectivity index (χ2v) is 4.63. The molecule has 0 saturated heterocycles. The third kappa shape index (κ3) is 2.30. The summed E-state index contributed by atoms with van der Waals surface area (Å²) >= 11 is 6.00. The first-order chi connectivity index (χ1) is 9.78. The molecule has 0 fully saturated rings. The molecule has 1 aromatic heterocycles. The molecular formula is C13H9ClN6. The Kier molecular flexibility index (Phi) is 3.25. The summed E-state index contributed by atoms with van der Waals surface area (Å²) in [5.74, 6) is 0. The van der Waals surface area contributed by atoms with Crippen LogP contribution in [0.1, 0.15) is 5.56 Å². The Bertz CT molecular complexity index is 819. The highest BCUT2D eigenvalue weighted by Crippen LogP contribution is 2.22. The van der Waals surface area contributed by atoms with E-state index in [4.69, 9.17) is 17.1 Å². The van der Waals surface area contributed by atoms with Crippen molar-refractivity contribution in [2.45, 2.75) is 6.54 Å². The molecule has 0 aliphatic rings. The second-order valence-electron chi connectivity index (χ2n) is 4.20. The van der Waals surface area contributed by atoms with Gasteiger partial charge >= 0.3 is 0 Å². The number of benzene rings is 2. The van der Waals surface area contributed by atoms with Gasteiger partial charge in [-0.05, 0) is 29.3 Å². The largest absolute Gasteiger partial charge is 0.240 e. The molecule has 0 bridgehead atoms. The van der Waals surface area contributed by atoms with Gasteiger partial charge in [-0.2, -0.15) is 0 Å². The fourth-order valence-corrected chi connectivity index (χ4v) is 2.17. The van der Waals surface area contributed by atoms with Crippen molar-refractivity contribution in [3.8, 4) is 0 Å². The van der Waals surface area contributed by atoms with Gasteiger partial charge in [-0.3, -0.25) is 0 Å². The van der Waals surface area contributed by atoms with Crippen LogP contribution in [0, 0.1) is 0 Å². The SMILES string of the molecule is [N-]=[N+]=Nc1ccccc1Cn1nnc2ccc(Cl)cc21. The van der Waals surface area contributed by atoms with E-state index in [1.165, 1.54) is 0 Å². The molecule has 0 atom stereocenters. The van der Waals surface area contributed by atoms with Gasteiger partial charge in [-0.1, -0.05) is 46.2 Å². The van der Waals surface area contributed by atoms with Crippen LogP contribution >= 0.6 is 11.6 Å². The monoisotopic (exact) mass is 284 g/mol. The van der Waals surface area contributed by atoms with Crippen LogP contribution in [0.25, 0.3) is 21.5 Å². The molecule has 0 saturated carbocycles. The van der Waals surface area contributed by atoms with Crippen molar-refractivity contribution >= 4 is 28.3 Å². The Labute approximate surface area is 119 Å². The van der Waals surface area contributed by atoms with Crippen LogP contribution in [0.15, 0.2) is 47.6 Å². The highest BCUT2D eigenvalue weighted by molar-refractivity contribution is 6.31. The maximum Gasteiger partial charge on any atom is 0.113 e. The summed E-state index contributed by atoms with van der Waals surface area (Å²) in [4.78, 5) is 2.83.